The Labute approximate surface area is 74.1 Å². The third-order valence-electron chi connectivity index (χ3n) is 2.57. The molecule has 0 bridgehead atoms. The first-order valence-electron chi connectivity index (χ1n) is 4.67. The molecule has 0 unspecified atom stereocenters. The average Bonchev–Trinajstić information content (AvgIpc) is 2.28. The lowest BCUT2D eigenvalue weighted by Crippen LogP contribution is -2.43. The van der Waals surface area contributed by atoms with Gasteiger partial charge in [0.2, 0.25) is 5.91 Å². The van der Waals surface area contributed by atoms with Crippen molar-refractivity contribution in [1.29, 1.82) is 0 Å². The fourth-order valence-corrected chi connectivity index (χ4v) is 1.75. The van der Waals surface area contributed by atoms with Crippen LogP contribution in [0.1, 0.15) is 25.7 Å². The first-order chi connectivity index (χ1) is 5.75. The topological polar surface area (TPSA) is 32.3 Å². The zero-order valence-electron chi connectivity index (χ0n) is 7.97. The van der Waals surface area contributed by atoms with Gasteiger partial charge < -0.3 is 5.32 Å². The van der Waals surface area contributed by atoms with Gasteiger partial charge in [-0.3, -0.25) is 9.69 Å². The molecule has 0 aliphatic carbocycles. The lowest BCUT2D eigenvalue weighted by atomic mass is 10.1. The van der Waals surface area contributed by atoms with E-state index >= 15 is 0 Å². The molecule has 1 fully saturated rings. The lowest BCUT2D eigenvalue weighted by Gasteiger charge is -2.23. The Morgan fingerprint density at radius 1 is 1.42 bits per heavy atom. The number of nitrogens with zero attached hydrogens (tertiary/aromatic N) is 1. The number of carbonyl (C=O) groups excluding carboxylic acids is 1. The molecular weight excluding hydrogens is 152 g/mol. The van der Waals surface area contributed by atoms with Crippen LogP contribution in [0.2, 0.25) is 0 Å². The quantitative estimate of drug-likeness (QED) is 0.625. The van der Waals surface area contributed by atoms with E-state index in [4.69, 9.17) is 0 Å². The predicted octanol–water partition coefficient (Wildman–Crippen LogP) is 0.607. The molecule has 0 aromatic carbocycles. The van der Waals surface area contributed by atoms with Gasteiger partial charge in [0.1, 0.15) is 0 Å². The van der Waals surface area contributed by atoms with E-state index in [0.29, 0.717) is 0 Å². The maximum atomic E-state index is 11.4. The highest BCUT2D eigenvalue weighted by Gasteiger charge is 2.23. The van der Waals surface area contributed by atoms with Crippen LogP contribution < -0.4 is 5.32 Å². The van der Waals surface area contributed by atoms with Crippen molar-refractivity contribution in [3.05, 3.63) is 0 Å². The van der Waals surface area contributed by atoms with Gasteiger partial charge in [0.25, 0.3) is 0 Å². The molecule has 0 aromatic rings. The third-order valence-corrected chi connectivity index (χ3v) is 2.57. The van der Waals surface area contributed by atoms with Gasteiger partial charge in [-0.15, -0.1) is 0 Å². The van der Waals surface area contributed by atoms with Crippen LogP contribution in [0.4, 0.5) is 0 Å². The predicted molar refractivity (Wildman–Crippen MR) is 49.0 cm³/mol. The van der Waals surface area contributed by atoms with Crippen LogP contribution in [0.3, 0.4) is 0 Å². The van der Waals surface area contributed by atoms with Gasteiger partial charge in [0.05, 0.1) is 6.04 Å². The molecule has 0 radical (unpaired) electrons. The van der Waals surface area contributed by atoms with Crippen LogP contribution in [0.5, 0.6) is 0 Å². The molecule has 0 saturated carbocycles. The summed E-state index contributed by atoms with van der Waals surface area (Å²) in [7, 11) is 3.74. The summed E-state index contributed by atoms with van der Waals surface area (Å²) in [6.07, 6.45) is 4.68. The summed E-state index contributed by atoms with van der Waals surface area (Å²) in [5, 5.41) is 2.71. The van der Waals surface area contributed by atoms with E-state index in [1.165, 1.54) is 19.3 Å². The largest absolute Gasteiger partial charge is 0.358 e. The number of carbonyl (C=O) groups is 1. The Bertz CT molecular complexity index is 159. The number of likely N-dealkylation sites (N-methyl/N-ethyl adjacent to an activating group) is 2. The molecular formula is C9H18N2O. The van der Waals surface area contributed by atoms with E-state index in [9.17, 15) is 4.79 Å². The minimum absolute atomic E-state index is 0.109. The van der Waals surface area contributed by atoms with Crippen LogP contribution in [0.15, 0.2) is 0 Å². The maximum Gasteiger partial charge on any atom is 0.237 e. The van der Waals surface area contributed by atoms with E-state index < -0.39 is 0 Å². The van der Waals surface area contributed by atoms with Crippen molar-refractivity contribution < 1.29 is 4.79 Å². The second kappa shape index (κ2) is 4.45. The first-order valence-corrected chi connectivity index (χ1v) is 4.67. The highest BCUT2D eigenvalue weighted by atomic mass is 16.2. The number of hydrogen-bond donors (Lipinski definition) is 1. The van der Waals surface area contributed by atoms with E-state index in [1.807, 2.05) is 7.05 Å². The molecule has 1 N–H and O–H groups in total. The monoisotopic (exact) mass is 170 g/mol. The molecule has 1 aliphatic heterocycles. The summed E-state index contributed by atoms with van der Waals surface area (Å²) in [4.78, 5) is 13.5. The van der Waals surface area contributed by atoms with Gasteiger partial charge in [-0.25, -0.2) is 0 Å². The number of rotatable bonds is 1. The Morgan fingerprint density at radius 3 is 2.83 bits per heavy atom. The fraction of sp³-hybridized carbons (Fsp3) is 0.889. The number of likely N-dealkylation sites (tertiary alicyclic amines) is 1. The van der Waals surface area contributed by atoms with Crippen molar-refractivity contribution in [2.75, 3.05) is 20.6 Å². The van der Waals surface area contributed by atoms with Gasteiger partial charge in [0.15, 0.2) is 0 Å². The normalized spacial score (nSPS) is 26.3. The lowest BCUT2D eigenvalue weighted by molar-refractivity contribution is -0.125. The number of nitrogens with one attached hydrogen (secondary N) is 1. The fourth-order valence-electron chi connectivity index (χ4n) is 1.75. The molecule has 1 amide bonds. The van der Waals surface area contributed by atoms with Crippen LogP contribution in [0, 0.1) is 0 Å². The van der Waals surface area contributed by atoms with Crippen molar-refractivity contribution in [2.45, 2.75) is 31.7 Å². The highest BCUT2D eigenvalue weighted by Crippen LogP contribution is 2.14. The van der Waals surface area contributed by atoms with E-state index in [1.54, 1.807) is 7.05 Å². The SMILES string of the molecule is CNC(=O)[C@@H]1CCCCCN1C. The molecule has 70 valence electrons. The van der Waals surface area contributed by atoms with E-state index in [0.717, 1.165) is 13.0 Å². The summed E-state index contributed by atoms with van der Waals surface area (Å²) in [6, 6.07) is 0.109. The second-order valence-electron chi connectivity index (χ2n) is 3.46. The van der Waals surface area contributed by atoms with Crippen LogP contribution >= 0.6 is 0 Å². The zero-order chi connectivity index (χ0) is 8.97. The van der Waals surface area contributed by atoms with Gasteiger partial charge in [-0.2, -0.15) is 0 Å². The standard InChI is InChI=1S/C9H18N2O/c1-10-9(12)8-6-4-3-5-7-11(8)2/h8H,3-7H2,1-2H3,(H,10,12)/t8-/m0/s1. The van der Waals surface area contributed by atoms with Crippen molar-refractivity contribution in [3.8, 4) is 0 Å². The highest BCUT2D eigenvalue weighted by molar-refractivity contribution is 5.81. The smallest absolute Gasteiger partial charge is 0.237 e. The molecule has 1 saturated heterocycles. The number of hydrogen-bond acceptors (Lipinski definition) is 2. The average molecular weight is 170 g/mol. The van der Waals surface area contributed by atoms with Crippen LogP contribution in [-0.4, -0.2) is 37.5 Å². The van der Waals surface area contributed by atoms with Gasteiger partial charge in [0, 0.05) is 7.05 Å². The van der Waals surface area contributed by atoms with Crippen LogP contribution in [-0.2, 0) is 4.79 Å². The minimum Gasteiger partial charge on any atom is -0.358 e. The van der Waals surface area contributed by atoms with Gasteiger partial charge >= 0.3 is 0 Å². The molecule has 12 heavy (non-hydrogen) atoms. The molecule has 0 aromatic heterocycles. The van der Waals surface area contributed by atoms with Crippen molar-refractivity contribution >= 4 is 5.91 Å². The summed E-state index contributed by atoms with van der Waals surface area (Å²) < 4.78 is 0. The summed E-state index contributed by atoms with van der Waals surface area (Å²) in [5.41, 5.74) is 0. The molecule has 1 heterocycles. The Hall–Kier alpha value is -0.570. The minimum atomic E-state index is 0.109. The van der Waals surface area contributed by atoms with Crippen molar-refractivity contribution in [3.63, 3.8) is 0 Å². The second-order valence-corrected chi connectivity index (χ2v) is 3.46. The summed E-state index contributed by atoms with van der Waals surface area (Å²) >= 11 is 0. The molecule has 0 spiro atoms. The van der Waals surface area contributed by atoms with E-state index in [2.05, 4.69) is 10.2 Å². The third kappa shape index (κ3) is 2.21. The molecule has 1 rings (SSSR count). The Balaban J connectivity index is 2.52. The van der Waals surface area contributed by atoms with Crippen LogP contribution in [0.25, 0.3) is 0 Å². The Kier molecular flexibility index (Phi) is 3.53. The van der Waals surface area contributed by atoms with Crippen molar-refractivity contribution in [1.82, 2.24) is 10.2 Å². The zero-order valence-corrected chi connectivity index (χ0v) is 7.97. The Morgan fingerprint density at radius 2 is 2.17 bits per heavy atom. The molecule has 1 atom stereocenters. The van der Waals surface area contributed by atoms with Gasteiger partial charge in [-0.1, -0.05) is 12.8 Å². The maximum absolute atomic E-state index is 11.4. The summed E-state index contributed by atoms with van der Waals surface area (Å²) in [5.74, 6) is 0.166. The van der Waals surface area contributed by atoms with Gasteiger partial charge in [-0.05, 0) is 26.4 Å². The molecule has 3 nitrogen and oxygen atoms in total. The molecule has 3 heteroatoms. The van der Waals surface area contributed by atoms with E-state index in [-0.39, 0.29) is 11.9 Å². The first kappa shape index (κ1) is 9.52. The molecule has 1 aliphatic rings. The summed E-state index contributed by atoms with van der Waals surface area (Å²) in [6.45, 7) is 1.05. The number of amides is 1. The van der Waals surface area contributed by atoms with Crippen molar-refractivity contribution in [2.24, 2.45) is 0 Å².